The Morgan fingerprint density at radius 3 is 2.69 bits per heavy atom. The van der Waals surface area contributed by atoms with Gasteiger partial charge in [0.2, 0.25) is 0 Å². The van der Waals surface area contributed by atoms with Crippen molar-refractivity contribution in [2.24, 2.45) is 11.8 Å². The van der Waals surface area contributed by atoms with E-state index in [2.05, 4.69) is 22.6 Å². The van der Waals surface area contributed by atoms with Crippen molar-refractivity contribution in [1.82, 2.24) is 4.72 Å². The summed E-state index contributed by atoms with van der Waals surface area (Å²) in [5, 5.41) is 0.719. The van der Waals surface area contributed by atoms with Gasteiger partial charge in [-0.25, -0.2) is 13.1 Å². The third kappa shape index (κ3) is 5.81. The van der Waals surface area contributed by atoms with Gasteiger partial charge in [0.15, 0.2) is 0 Å². The number of carbonyl (C=O) groups excluding carboxylic acids is 1. The highest BCUT2D eigenvalue weighted by Crippen LogP contribution is 2.44. The van der Waals surface area contributed by atoms with Gasteiger partial charge in [-0.1, -0.05) is 43.2 Å². The van der Waals surface area contributed by atoms with Crippen molar-refractivity contribution in [3.63, 3.8) is 0 Å². The Labute approximate surface area is 253 Å². The van der Waals surface area contributed by atoms with Gasteiger partial charge in [-0.2, -0.15) is 0 Å². The minimum absolute atomic E-state index is 0.0301. The van der Waals surface area contributed by atoms with Crippen molar-refractivity contribution in [3.05, 3.63) is 64.7 Å². The number of carbonyl (C=O) groups is 1. The largest absolute Gasteiger partial charge is 0.491 e. The lowest BCUT2D eigenvalue weighted by Crippen LogP contribution is -2.44. The molecule has 4 unspecified atom stereocenters. The van der Waals surface area contributed by atoms with E-state index in [-0.39, 0.29) is 23.5 Å². The summed E-state index contributed by atoms with van der Waals surface area (Å²) >= 11 is 6.38. The highest BCUT2D eigenvalue weighted by molar-refractivity contribution is 7.90. The van der Waals surface area contributed by atoms with Crippen LogP contribution in [0.1, 0.15) is 56.1 Å². The number of aryl methyl sites for hydroxylation is 1. The van der Waals surface area contributed by atoms with Crippen molar-refractivity contribution >= 4 is 33.2 Å². The molecule has 2 saturated carbocycles. The standard InChI is InChI=1S/C32H39ClN2O6S/c1-3-5-21-16-24(33)8-11-26(21)23-19-35-18-22-7-10-27(22)29(39-2)6-4-15-41-32(13-14-32)31(36)34-42(37,38)25-9-12-30(40-20-23)28(35)17-25/h4,6,8-9,11-12,16-17,22-23,27,29H,3,5,7,10,13-15,18-20H2,1-2H3,(H,34,36)/b6-4+. The smallest absolute Gasteiger partial charge is 0.265 e. The van der Waals surface area contributed by atoms with E-state index in [0.717, 1.165) is 42.9 Å². The average Bonchev–Trinajstić information content (AvgIpc) is 3.76. The maximum atomic E-state index is 13.4. The summed E-state index contributed by atoms with van der Waals surface area (Å²) in [7, 11) is -2.39. The van der Waals surface area contributed by atoms with E-state index in [1.165, 1.54) is 17.2 Å². The second kappa shape index (κ2) is 11.8. The number of nitrogens with zero attached hydrogens (tertiary/aromatic N) is 1. The molecule has 2 aliphatic carbocycles. The topological polar surface area (TPSA) is 94.2 Å². The van der Waals surface area contributed by atoms with Crippen LogP contribution >= 0.6 is 11.6 Å². The van der Waals surface area contributed by atoms with Crippen LogP contribution in [0.3, 0.4) is 0 Å². The van der Waals surface area contributed by atoms with Gasteiger partial charge < -0.3 is 19.1 Å². The van der Waals surface area contributed by atoms with Gasteiger partial charge in [-0.05, 0) is 85.4 Å². The van der Waals surface area contributed by atoms with Crippen molar-refractivity contribution in [2.75, 3.05) is 38.3 Å². The number of hydrogen-bond acceptors (Lipinski definition) is 7. The molecule has 2 aromatic carbocycles. The minimum Gasteiger partial charge on any atom is -0.491 e. The molecule has 1 amide bonds. The molecule has 226 valence electrons. The molecule has 2 aromatic rings. The molecule has 2 fully saturated rings. The molecule has 0 aromatic heterocycles. The Bertz CT molecular complexity index is 1470. The summed E-state index contributed by atoms with van der Waals surface area (Å²) in [6.07, 6.45) is 8.85. The Kier molecular flexibility index (Phi) is 8.30. The second-order valence-electron chi connectivity index (χ2n) is 12.0. The summed E-state index contributed by atoms with van der Waals surface area (Å²) in [5.41, 5.74) is 2.03. The molecule has 4 aliphatic rings. The fraction of sp³-hybridized carbons (Fsp3) is 0.531. The number of fused-ring (bicyclic) bond motifs is 2. The Morgan fingerprint density at radius 1 is 1.14 bits per heavy atom. The molecule has 2 heterocycles. The van der Waals surface area contributed by atoms with Crippen molar-refractivity contribution in [3.8, 4) is 5.75 Å². The summed E-state index contributed by atoms with van der Waals surface area (Å²) in [6.45, 7) is 4.23. The normalized spacial score (nSPS) is 28.9. The molecule has 0 radical (unpaired) electrons. The average molecular weight is 615 g/mol. The number of benzene rings is 2. The number of halogens is 1. The first-order chi connectivity index (χ1) is 20.2. The number of ether oxygens (including phenoxy) is 3. The molecule has 42 heavy (non-hydrogen) atoms. The lowest BCUT2D eigenvalue weighted by Gasteiger charge is -2.43. The molecule has 4 atom stereocenters. The third-order valence-corrected chi connectivity index (χ3v) is 10.8. The fourth-order valence-corrected chi connectivity index (χ4v) is 7.87. The van der Waals surface area contributed by atoms with Crippen LogP contribution in [-0.2, 0) is 30.7 Å². The van der Waals surface area contributed by atoms with Gasteiger partial charge >= 0.3 is 0 Å². The van der Waals surface area contributed by atoms with Gasteiger partial charge in [0.25, 0.3) is 15.9 Å². The third-order valence-electron chi connectivity index (χ3n) is 9.28. The first kappa shape index (κ1) is 29.5. The number of amides is 1. The van der Waals surface area contributed by atoms with Crippen LogP contribution in [0.5, 0.6) is 5.75 Å². The van der Waals surface area contributed by atoms with E-state index in [0.29, 0.717) is 43.6 Å². The Morgan fingerprint density at radius 2 is 1.98 bits per heavy atom. The summed E-state index contributed by atoms with van der Waals surface area (Å²) in [6, 6.07) is 11.0. The minimum atomic E-state index is -4.13. The van der Waals surface area contributed by atoms with Crippen molar-refractivity contribution in [1.29, 1.82) is 0 Å². The van der Waals surface area contributed by atoms with Crippen LogP contribution in [0.4, 0.5) is 5.69 Å². The zero-order valence-corrected chi connectivity index (χ0v) is 25.8. The first-order valence-electron chi connectivity index (χ1n) is 14.9. The second-order valence-corrected chi connectivity index (χ2v) is 14.1. The predicted octanol–water partition coefficient (Wildman–Crippen LogP) is 5.24. The highest BCUT2D eigenvalue weighted by Gasteiger charge is 2.52. The SMILES string of the molecule is CCCc1cc(Cl)ccc1C1COc2ccc3cc2N(C1)CC1CCC1C(OC)/C=C/COC1(CC1)C(=O)NS3(=O)=O. The van der Waals surface area contributed by atoms with E-state index in [1.54, 1.807) is 19.2 Å². The predicted molar refractivity (Wildman–Crippen MR) is 162 cm³/mol. The number of hydrogen-bond donors (Lipinski definition) is 1. The molecular weight excluding hydrogens is 576 g/mol. The molecular formula is C32H39ClN2O6S. The van der Waals surface area contributed by atoms with E-state index in [9.17, 15) is 13.2 Å². The molecule has 6 rings (SSSR count). The van der Waals surface area contributed by atoms with Gasteiger partial charge in [0, 0.05) is 31.1 Å². The maximum absolute atomic E-state index is 13.4. The Balaban J connectivity index is 1.40. The molecule has 0 saturated heterocycles. The van der Waals surface area contributed by atoms with E-state index >= 15 is 0 Å². The zero-order valence-electron chi connectivity index (χ0n) is 24.2. The molecule has 2 aliphatic heterocycles. The first-order valence-corrected chi connectivity index (χ1v) is 16.8. The van der Waals surface area contributed by atoms with Crippen LogP contribution in [0.25, 0.3) is 0 Å². The lowest BCUT2D eigenvalue weighted by molar-refractivity contribution is -0.132. The number of anilines is 1. The van der Waals surface area contributed by atoms with Crippen LogP contribution in [0.2, 0.25) is 5.02 Å². The van der Waals surface area contributed by atoms with Crippen LogP contribution in [-0.4, -0.2) is 59.4 Å². The quantitative estimate of drug-likeness (QED) is 0.471. The molecule has 10 heteroatoms. The number of nitrogens with one attached hydrogen (secondary N) is 1. The monoisotopic (exact) mass is 614 g/mol. The van der Waals surface area contributed by atoms with Crippen LogP contribution in [0.15, 0.2) is 53.4 Å². The van der Waals surface area contributed by atoms with Gasteiger partial charge in [-0.15, -0.1) is 0 Å². The number of rotatable bonds is 4. The van der Waals surface area contributed by atoms with Gasteiger partial charge in [0.1, 0.15) is 11.4 Å². The van der Waals surface area contributed by atoms with Crippen LogP contribution in [0, 0.1) is 11.8 Å². The fourth-order valence-electron chi connectivity index (χ4n) is 6.62. The molecule has 8 nitrogen and oxygen atoms in total. The van der Waals surface area contributed by atoms with Crippen molar-refractivity contribution in [2.45, 2.75) is 68.0 Å². The number of methoxy groups -OCH3 is 1. The van der Waals surface area contributed by atoms with E-state index in [4.69, 9.17) is 25.8 Å². The maximum Gasteiger partial charge on any atom is 0.265 e. The summed E-state index contributed by atoms with van der Waals surface area (Å²) < 4.78 is 47.4. The Hall–Kier alpha value is -2.59. The molecule has 1 spiro atoms. The van der Waals surface area contributed by atoms with E-state index < -0.39 is 21.5 Å². The van der Waals surface area contributed by atoms with E-state index in [1.807, 2.05) is 24.3 Å². The zero-order chi connectivity index (χ0) is 29.5. The molecule has 2 bridgehead atoms. The molecule has 1 N–H and O–H groups in total. The van der Waals surface area contributed by atoms with Crippen LogP contribution < -0.4 is 14.4 Å². The lowest BCUT2D eigenvalue weighted by atomic mass is 9.70. The number of sulfonamides is 1. The highest BCUT2D eigenvalue weighted by atomic mass is 35.5. The summed E-state index contributed by atoms with van der Waals surface area (Å²) in [4.78, 5) is 15.4. The summed E-state index contributed by atoms with van der Waals surface area (Å²) in [5.74, 6) is 0.747. The van der Waals surface area contributed by atoms with Crippen molar-refractivity contribution < 1.29 is 27.4 Å². The van der Waals surface area contributed by atoms with Gasteiger partial charge in [0.05, 0.1) is 29.9 Å². The van der Waals surface area contributed by atoms with Gasteiger partial charge in [-0.3, -0.25) is 4.79 Å².